The van der Waals surface area contributed by atoms with Crippen molar-refractivity contribution in [2.75, 3.05) is 23.8 Å². The SMILES string of the molecule is CC1(C)CCC2(CC1)C[C@@H](C(=O)C[C@@H]1CC[C@@H](c3n[nH]c(=O)o3)OC1)[C@H](c1ccnc(Cl)c1F)[C@]21C(=O)Nc2nc(Cl)ccc21.CC1(C)CCC2(CC1)C[C@@H](C(=O)O)[C@H](c1ccnc(Cl)c1F)C21C(=O)Nc2nc(Cl)ccc21.Cl.N[C@@H]1CC[C@@H](c2n[nH]c(=O)o2)OC1. The van der Waals surface area contributed by atoms with Crippen LogP contribution in [0.5, 0.6) is 0 Å². The Morgan fingerprint density at radius 3 is 1.46 bits per heavy atom. The molecule has 0 bridgehead atoms. The molecule has 4 aliphatic carbocycles. The zero-order valence-electron chi connectivity index (χ0n) is 50.7. The van der Waals surface area contributed by atoms with Crippen molar-refractivity contribution in [3.05, 3.63) is 136 Å². The summed E-state index contributed by atoms with van der Waals surface area (Å²) < 4.78 is 52.7. The van der Waals surface area contributed by atoms with Crippen LogP contribution in [-0.4, -0.2) is 88.3 Å². The van der Waals surface area contributed by atoms with Crippen LogP contribution in [0.4, 0.5) is 20.4 Å². The summed E-state index contributed by atoms with van der Waals surface area (Å²) in [4.78, 5) is 94.3. The second kappa shape index (κ2) is 25.5. The van der Waals surface area contributed by atoms with Gasteiger partial charge < -0.3 is 39.8 Å². The number of rotatable bonds is 8. The highest BCUT2D eigenvalue weighted by atomic mass is 35.5. The van der Waals surface area contributed by atoms with Crippen LogP contribution >= 0.6 is 58.8 Å². The third-order valence-corrected chi connectivity index (χ3v) is 22.2. The van der Waals surface area contributed by atoms with E-state index in [1.54, 1.807) is 24.3 Å². The van der Waals surface area contributed by atoms with Gasteiger partial charge in [-0.25, -0.2) is 48.5 Å². The molecule has 6 aromatic rings. The fourth-order valence-electron chi connectivity index (χ4n) is 16.8. The van der Waals surface area contributed by atoms with Crippen molar-refractivity contribution in [3.8, 4) is 0 Å². The van der Waals surface area contributed by atoms with E-state index in [2.05, 4.69) is 78.7 Å². The minimum absolute atomic E-state index is 0. The lowest BCUT2D eigenvalue weighted by Crippen LogP contribution is -2.52. The van der Waals surface area contributed by atoms with Crippen molar-refractivity contribution in [3.63, 3.8) is 0 Å². The number of carbonyl (C=O) groups excluding carboxylic acids is 3. The van der Waals surface area contributed by atoms with E-state index >= 15 is 8.78 Å². The Morgan fingerprint density at radius 2 is 1.05 bits per heavy atom. The molecular formula is C63H70Cl5F2N11O11. The summed E-state index contributed by atoms with van der Waals surface area (Å²) >= 11 is 24.7. The van der Waals surface area contributed by atoms with Gasteiger partial charge in [0.1, 0.15) is 39.9 Å². The number of nitrogens with zero attached hydrogens (tertiary/aromatic N) is 6. The number of hydrogen-bond acceptors (Lipinski definition) is 17. The molecule has 1 unspecified atom stereocenters. The molecule has 2 saturated heterocycles. The Kier molecular flexibility index (Phi) is 18.6. The van der Waals surface area contributed by atoms with Crippen LogP contribution < -0.4 is 27.9 Å². The van der Waals surface area contributed by atoms with Gasteiger partial charge in [-0.15, -0.1) is 22.6 Å². The maximum Gasteiger partial charge on any atom is 0.434 e. The normalized spacial score (nSPS) is 29.3. The van der Waals surface area contributed by atoms with E-state index in [0.717, 1.165) is 38.5 Å². The Balaban J connectivity index is 0.000000161. The number of carboxylic acid groups (broad SMARTS) is 1. The van der Waals surface area contributed by atoms with Gasteiger partial charge >= 0.3 is 17.5 Å². The number of carbonyl (C=O) groups is 4. The number of amides is 2. The third kappa shape index (κ3) is 11.7. The fraction of sp³-hybridized carbons (Fsp3) is 0.556. The van der Waals surface area contributed by atoms with E-state index in [0.29, 0.717) is 80.2 Å². The highest BCUT2D eigenvalue weighted by Crippen LogP contribution is 2.74. The number of H-pyrrole nitrogens is 2. The first kappa shape index (κ1) is 67.2. The lowest BCUT2D eigenvalue weighted by Gasteiger charge is -2.50. The maximum atomic E-state index is 16.1. The molecule has 4 aliphatic heterocycles. The summed E-state index contributed by atoms with van der Waals surface area (Å²) in [6, 6.07) is 9.90. The van der Waals surface area contributed by atoms with E-state index in [9.17, 15) is 33.9 Å². The lowest BCUT2D eigenvalue weighted by molar-refractivity contribution is -0.142. The molecule has 7 N–H and O–H groups in total. The van der Waals surface area contributed by atoms with E-state index in [1.807, 2.05) is 6.07 Å². The summed E-state index contributed by atoms with van der Waals surface area (Å²) in [6.45, 7) is 9.56. The van der Waals surface area contributed by atoms with Crippen LogP contribution in [0.25, 0.3) is 0 Å². The van der Waals surface area contributed by atoms with Gasteiger partial charge in [-0.05, 0) is 153 Å². The Bertz CT molecular complexity index is 3940. The van der Waals surface area contributed by atoms with Crippen LogP contribution in [0.3, 0.4) is 0 Å². The third-order valence-electron chi connectivity index (χ3n) is 21.3. The van der Waals surface area contributed by atoms with Crippen LogP contribution in [0.15, 0.2) is 67.2 Å². The van der Waals surface area contributed by atoms with Crippen LogP contribution in [0.2, 0.25) is 20.6 Å². The standard InChI is InChI=1S/C32H34Cl2FN5O5.C24H24Cl2FN3O3.C7H11N3O3.ClH/c1-30(2)8-10-31(11-9-30)14-18(20(41)13-16-3-5-21(44-15-16)27-39-40-29(43)45-27)23(17-7-12-36-25(34)24(17)35)32(31)19-4-6-22(33)37-26(19)38-28(32)42;1-22(2)6-8-23(9-7-22)11-13(20(31)32)16(12-5-10-28-18(26)17(12)27)24(23)14-3-4-15(25)29-19(14)30-21(24)33;8-4-1-2-5(12-3-4)6-9-10-7(11)13-6;/h4,6-7,12,16,18,21,23H,3,5,8-11,13-15H2,1-2H3,(H,40,43)(H,37,38,42);3-5,10,13,16H,6-9,11H2,1-2H3,(H,31,32)(H,29,30,33);4-5H,1-3,8H2,(H,10,11);1H/t16-,18-,21-,23-,32+;13-,16+,24?;4-,5+;/m011./s1. The summed E-state index contributed by atoms with van der Waals surface area (Å²) in [5.41, 5.74) is 3.42. The second-order valence-corrected chi connectivity index (χ2v) is 28.9. The molecule has 10 heterocycles. The molecule has 4 spiro atoms. The fourth-order valence-corrected chi connectivity index (χ4v) is 17.4. The molecule has 22 nitrogen and oxygen atoms in total. The van der Waals surface area contributed by atoms with Crippen molar-refractivity contribution in [1.82, 2.24) is 40.3 Å². The first-order valence-electron chi connectivity index (χ1n) is 30.6. The molecule has 4 saturated carbocycles. The molecular weight excluding hydrogens is 1300 g/mol. The average Bonchev–Trinajstić information content (AvgIpc) is 1.51. The van der Waals surface area contributed by atoms with Crippen molar-refractivity contribution in [2.45, 2.75) is 165 Å². The Hall–Kier alpha value is -6.25. The molecule has 2 amide bonds. The largest absolute Gasteiger partial charge is 0.481 e. The number of aromatic amines is 2. The van der Waals surface area contributed by atoms with Crippen LogP contribution in [0, 0.1) is 51.0 Å². The number of nitrogens with one attached hydrogen (secondary N) is 4. The summed E-state index contributed by atoms with van der Waals surface area (Å²) in [6.07, 6.45) is 11.8. The number of pyridine rings is 4. The minimum atomic E-state index is -1.31. The highest BCUT2D eigenvalue weighted by Gasteiger charge is 2.75. The first-order chi connectivity index (χ1) is 43.2. The van der Waals surface area contributed by atoms with Crippen LogP contribution in [-0.2, 0) is 39.5 Å². The van der Waals surface area contributed by atoms with Gasteiger partial charge in [-0.2, -0.15) is 0 Å². The number of anilines is 2. The number of fused-ring (bicyclic) bond motifs is 6. The molecule has 8 aliphatic rings. The number of aliphatic carboxylic acids is 1. The quantitative estimate of drug-likeness (QED) is 0.0771. The number of Topliss-reactive ketones (excluding diaryl/α,β-unsaturated/α-hetero) is 1. The van der Waals surface area contributed by atoms with E-state index in [1.165, 1.54) is 18.5 Å². The number of ether oxygens (including phenoxy) is 2. The van der Waals surface area contributed by atoms with E-state index in [-0.39, 0.29) is 116 Å². The zero-order chi connectivity index (χ0) is 64.7. The average molecular weight is 1370 g/mol. The molecule has 14 rings (SSSR count). The predicted molar refractivity (Wildman–Crippen MR) is 335 cm³/mol. The number of nitrogens with two attached hydrogens (primary N) is 1. The Labute approximate surface area is 552 Å². The molecule has 92 heavy (non-hydrogen) atoms. The molecule has 0 aromatic carbocycles. The van der Waals surface area contributed by atoms with Gasteiger partial charge in [0.2, 0.25) is 23.6 Å². The van der Waals surface area contributed by atoms with E-state index < -0.39 is 80.6 Å². The highest BCUT2D eigenvalue weighted by molar-refractivity contribution is 6.30. The molecule has 6 fully saturated rings. The number of aromatic nitrogens is 8. The van der Waals surface area contributed by atoms with Crippen molar-refractivity contribution < 1.29 is 51.4 Å². The summed E-state index contributed by atoms with van der Waals surface area (Å²) in [5.74, 6) is -6.84. The number of hydrogen-bond donors (Lipinski definition) is 6. The topological polar surface area (TPSA) is 326 Å². The molecule has 29 heteroatoms. The van der Waals surface area contributed by atoms with Gasteiger partial charge in [0.25, 0.3) is 0 Å². The molecule has 0 radical (unpaired) electrons. The maximum absolute atomic E-state index is 16.1. The van der Waals surface area contributed by atoms with Gasteiger partial charge in [-0.1, -0.05) is 86.2 Å². The monoisotopic (exact) mass is 1370 g/mol. The smallest absolute Gasteiger partial charge is 0.434 e. The number of carboxylic acids is 1. The minimum Gasteiger partial charge on any atom is -0.481 e. The number of ketones is 1. The lowest BCUT2D eigenvalue weighted by atomic mass is 9.51. The van der Waals surface area contributed by atoms with Crippen molar-refractivity contribution in [2.24, 2.45) is 45.1 Å². The van der Waals surface area contributed by atoms with Crippen LogP contribution in [0.1, 0.15) is 182 Å². The summed E-state index contributed by atoms with van der Waals surface area (Å²) in [7, 11) is 0. The molecule has 6 aromatic heterocycles. The zero-order valence-corrected chi connectivity index (χ0v) is 54.6. The van der Waals surface area contributed by atoms with Gasteiger partial charge in [0.05, 0.1) is 30.0 Å². The van der Waals surface area contributed by atoms with Crippen molar-refractivity contribution >= 4 is 94.0 Å². The first-order valence-corrected chi connectivity index (χ1v) is 32.1. The Morgan fingerprint density at radius 1 is 0.620 bits per heavy atom. The van der Waals surface area contributed by atoms with Gasteiger partial charge in [-0.3, -0.25) is 19.2 Å². The number of halogens is 7. The van der Waals surface area contributed by atoms with Crippen molar-refractivity contribution in [1.29, 1.82) is 0 Å². The second-order valence-electron chi connectivity index (χ2n) is 27.4. The molecule has 492 valence electrons. The van der Waals surface area contributed by atoms with Gasteiger partial charge in [0, 0.05) is 53.7 Å². The molecule has 10 atom stereocenters. The predicted octanol–water partition coefficient (Wildman–Crippen LogP) is 11.9. The summed E-state index contributed by atoms with van der Waals surface area (Å²) in [5, 5.41) is 28.0. The van der Waals surface area contributed by atoms with E-state index in [4.69, 9.17) is 70.4 Å². The van der Waals surface area contributed by atoms with Gasteiger partial charge in [0.15, 0.2) is 21.9 Å².